The zero-order valence-electron chi connectivity index (χ0n) is 10.5. The van der Waals surface area contributed by atoms with Gasteiger partial charge < -0.3 is 19.7 Å². The van der Waals surface area contributed by atoms with Crippen molar-refractivity contribution in [2.45, 2.75) is 6.04 Å². The number of halogens is 1. The van der Waals surface area contributed by atoms with Gasteiger partial charge in [-0.15, -0.1) is 0 Å². The number of nitrogens with one attached hydrogen (secondary N) is 1. The molecule has 0 saturated heterocycles. The molecule has 1 unspecified atom stereocenters. The number of amides is 1. The van der Waals surface area contributed by atoms with E-state index in [4.69, 9.17) is 9.47 Å². The van der Waals surface area contributed by atoms with Crippen LogP contribution in [-0.2, 0) is 4.79 Å². The van der Waals surface area contributed by atoms with E-state index in [1.54, 1.807) is 32.2 Å². The quantitative estimate of drug-likeness (QED) is 0.865. The monoisotopic (exact) mass is 314 g/mol. The second-order valence-electron chi connectivity index (χ2n) is 3.97. The largest absolute Gasteiger partial charge is 0.493 e. The molecule has 1 heterocycles. The number of ether oxygens (including phenoxy) is 2. The van der Waals surface area contributed by atoms with Gasteiger partial charge in [-0.25, -0.2) is 0 Å². The van der Waals surface area contributed by atoms with E-state index in [1.807, 2.05) is 6.07 Å². The predicted octanol–water partition coefficient (Wildman–Crippen LogP) is 1.86. The highest BCUT2D eigenvalue weighted by Crippen LogP contribution is 2.40. The van der Waals surface area contributed by atoms with Gasteiger partial charge in [0.15, 0.2) is 11.5 Å². The average Bonchev–Trinajstić information content (AvgIpc) is 2.41. The van der Waals surface area contributed by atoms with Gasteiger partial charge in [-0.3, -0.25) is 4.79 Å². The van der Waals surface area contributed by atoms with Gasteiger partial charge in [0.1, 0.15) is 6.04 Å². The molecule has 0 fully saturated rings. The first-order chi connectivity index (χ1) is 8.62. The van der Waals surface area contributed by atoms with Crippen molar-refractivity contribution in [1.82, 2.24) is 0 Å². The van der Waals surface area contributed by atoms with Crippen molar-refractivity contribution >= 4 is 33.2 Å². The Balaban J connectivity index is 2.50. The van der Waals surface area contributed by atoms with E-state index in [0.29, 0.717) is 16.8 Å². The standard InChI is InChI=1S/C12H15BrN2O3/c1-15-9-5-11(18-3)10(17-2)4-7(9)14-8(6-13)12(15)16/h4-5,8,14H,6H2,1-3H3. The van der Waals surface area contributed by atoms with Gasteiger partial charge in [-0.2, -0.15) is 0 Å². The first-order valence-electron chi connectivity index (χ1n) is 5.48. The Labute approximate surface area is 114 Å². The van der Waals surface area contributed by atoms with Crippen LogP contribution in [0, 0.1) is 0 Å². The summed E-state index contributed by atoms with van der Waals surface area (Å²) in [6.45, 7) is 0. The predicted molar refractivity (Wildman–Crippen MR) is 74.2 cm³/mol. The summed E-state index contributed by atoms with van der Waals surface area (Å²) in [5.74, 6) is 1.27. The van der Waals surface area contributed by atoms with Crippen LogP contribution in [0.4, 0.5) is 11.4 Å². The summed E-state index contributed by atoms with van der Waals surface area (Å²) in [5, 5.41) is 3.74. The highest BCUT2D eigenvalue weighted by molar-refractivity contribution is 9.09. The lowest BCUT2D eigenvalue weighted by Gasteiger charge is -2.32. The maximum atomic E-state index is 12.0. The van der Waals surface area contributed by atoms with E-state index in [-0.39, 0.29) is 11.9 Å². The molecule has 0 bridgehead atoms. The van der Waals surface area contributed by atoms with Gasteiger partial charge in [-0.1, -0.05) is 15.9 Å². The molecule has 6 heteroatoms. The molecule has 0 aromatic heterocycles. The second kappa shape index (κ2) is 5.06. The SMILES string of the molecule is COc1cc2c(cc1OC)N(C)C(=O)C(CBr)N2. The number of carbonyl (C=O) groups is 1. The lowest BCUT2D eigenvalue weighted by molar-refractivity contribution is -0.118. The molecule has 1 amide bonds. The van der Waals surface area contributed by atoms with Crippen molar-refractivity contribution in [2.75, 3.05) is 36.8 Å². The fraction of sp³-hybridized carbons (Fsp3) is 0.417. The minimum Gasteiger partial charge on any atom is -0.493 e. The summed E-state index contributed by atoms with van der Waals surface area (Å²) in [6.07, 6.45) is 0. The molecule has 1 aliphatic rings. The Morgan fingerprint density at radius 2 is 1.94 bits per heavy atom. The number of rotatable bonds is 3. The fourth-order valence-corrected chi connectivity index (χ4v) is 2.41. The minimum atomic E-state index is -0.263. The van der Waals surface area contributed by atoms with E-state index < -0.39 is 0 Å². The van der Waals surface area contributed by atoms with Crippen molar-refractivity contribution in [3.8, 4) is 11.5 Å². The molecule has 0 spiro atoms. The Kier molecular flexibility index (Phi) is 3.65. The summed E-state index contributed by atoms with van der Waals surface area (Å²) in [6, 6.07) is 3.37. The number of likely N-dealkylation sites (N-methyl/N-ethyl adjacent to an activating group) is 1. The van der Waals surface area contributed by atoms with Crippen LogP contribution in [0.1, 0.15) is 0 Å². The summed E-state index contributed by atoms with van der Waals surface area (Å²) in [4.78, 5) is 13.7. The zero-order chi connectivity index (χ0) is 13.3. The number of carbonyl (C=O) groups excluding carboxylic acids is 1. The summed E-state index contributed by atoms with van der Waals surface area (Å²) in [5.41, 5.74) is 1.65. The molecular formula is C12H15BrN2O3. The van der Waals surface area contributed by atoms with Gasteiger partial charge in [0.05, 0.1) is 25.6 Å². The first kappa shape index (κ1) is 13.0. The van der Waals surface area contributed by atoms with Crippen molar-refractivity contribution in [1.29, 1.82) is 0 Å². The maximum Gasteiger partial charge on any atom is 0.250 e. The molecule has 1 aromatic carbocycles. The van der Waals surface area contributed by atoms with Crippen molar-refractivity contribution in [3.05, 3.63) is 12.1 Å². The Bertz CT molecular complexity index is 479. The smallest absolute Gasteiger partial charge is 0.250 e. The molecule has 0 radical (unpaired) electrons. The summed E-state index contributed by atoms with van der Waals surface area (Å²) < 4.78 is 10.5. The van der Waals surface area contributed by atoms with Crippen LogP contribution >= 0.6 is 15.9 Å². The van der Waals surface area contributed by atoms with E-state index in [0.717, 1.165) is 11.4 Å². The minimum absolute atomic E-state index is 0.0200. The first-order valence-corrected chi connectivity index (χ1v) is 6.60. The molecule has 2 rings (SSSR count). The van der Waals surface area contributed by atoms with Crippen LogP contribution in [0.25, 0.3) is 0 Å². The number of hydrogen-bond donors (Lipinski definition) is 1. The number of benzene rings is 1. The molecule has 0 aliphatic carbocycles. The van der Waals surface area contributed by atoms with Crippen LogP contribution in [-0.4, -0.2) is 38.5 Å². The van der Waals surface area contributed by atoms with E-state index in [2.05, 4.69) is 21.2 Å². The zero-order valence-corrected chi connectivity index (χ0v) is 12.1. The Morgan fingerprint density at radius 1 is 1.33 bits per heavy atom. The van der Waals surface area contributed by atoms with Crippen LogP contribution in [0.15, 0.2) is 12.1 Å². The topological polar surface area (TPSA) is 50.8 Å². The second-order valence-corrected chi connectivity index (χ2v) is 4.62. The Hall–Kier alpha value is -1.43. The third-order valence-corrected chi connectivity index (χ3v) is 3.62. The number of alkyl halides is 1. The van der Waals surface area contributed by atoms with E-state index in [9.17, 15) is 4.79 Å². The molecule has 1 aliphatic heterocycles. The third kappa shape index (κ3) is 2.01. The number of hydrogen-bond acceptors (Lipinski definition) is 4. The lowest BCUT2D eigenvalue weighted by Crippen LogP contribution is -2.46. The van der Waals surface area contributed by atoms with Crippen LogP contribution in [0.2, 0.25) is 0 Å². The van der Waals surface area contributed by atoms with Gasteiger partial charge in [0, 0.05) is 24.5 Å². The van der Waals surface area contributed by atoms with Gasteiger partial charge in [0.25, 0.3) is 0 Å². The number of nitrogens with zero attached hydrogens (tertiary/aromatic N) is 1. The van der Waals surface area contributed by atoms with Gasteiger partial charge in [0.2, 0.25) is 5.91 Å². The van der Waals surface area contributed by atoms with E-state index in [1.165, 1.54) is 0 Å². The van der Waals surface area contributed by atoms with Gasteiger partial charge in [-0.05, 0) is 0 Å². The number of anilines is 2. The average molecular weight is 315 g/mol. The third-order valence-electron chi connectivity index (χ3n) is 2.98. The maximum absolute atomic E-state index is 12.0. The van der Waals surface area contributed by atoms with Crippen molar-refractivity contribution < 1.29 is 14.3 Å². The highest BCUT2D eigenvalue weighted by atomic mass is 79.9. The molecule has 1 N–H and O–H groups in total. The van der Waals surface area contributed by atoms with Gasteiger partial charge >= 0.3 is 0 Å². The van der Waals surface area contributed by atoms with Crippen molar-refractivity contribution in [2.24, 2.45) is 0 Å². The van der Waals surface area contributed by atoms with Crippen molar-refractivity contribution in [3.63, 3.8) is 0 Å². The lowest BCUT2D eigenvalue weighted by atomic mass is 10.1. The molecule has 5 nitrogen and oxygen atoms in total. The summed E-state index contributed by atoms with van der Waals surface area (Å²) >= 11 is 3.33. The van der Waals surface area contributed by atoms with Crippen LogP contribution in [0.5, 0.6) is 11.5 Å². The normalized spacial score (nSPS) is 18.1. The fourth-order valence-electron chi connectivity index (χ4n) is 1.97. The summed E-state index contributed by atoms with van der Waals surface area (Å²) in [7, 11) is 4.91. The number of fused-ring (bicyclic) bond motifs is 1. The Morgan fingerprint density at radius 3 is 2.50 bits per heavy atom. The molecule has 18 heavy (non-hydrogen) atoms. The molecule has 1 atom stereocenters. The molecular weight excluding hydrogens is 300 g/mol. The molecule has 0 saturated carbocycles. The van der Waals surface area contributed by atoms with Crippen LogP contribution in [0.3, 0.4) is 0 Å². The highest BCUT2D eigenvalue weighted by Gasteiger charge is 2.30. The van der Waals surface area contributed by atoms with Crippen LogP contribution < -0.4 is 19.7 Å². The number of methoxy groups -OCH3 is 2. The molecule has 1 aromatic rings. The van der Waals surface area contributed by atoms with E-state index >= 15 is 0 Å². The molecule has 98 valence electrons.